The average Bonchev–Trinajstić information content (AvgIpc) is 3.21. The average molecular weight is 357 g/mol. The molecule has 2 fully saturated rings. The lowest BCUT2D eigenvalue weighted by molar-refractivity contribution is -0.131. The van der Waals surface area contributed by atoms with Crippen molar-refractivity contribution in [3.8, 4) is 0 Å². The number of fused-ring (bicyclic) bond motifs is 5. The van der Waals surface area contributed by atoms with Crippen molar-refractivity contribution in [3.05, 3.63) is 42.0 Å². The standard InChI is InChI=1S/C19H19NO6/c1-3-25-17(24)11-5-4-6-12(9-11)20-15(22)13-14(16(20)23)19(10-21)8-7-18(13,2)26-19/h4-9,13-14,21H,3,10H2,1-2H3/t13-,14+,18+,19-/m1/s1. The van der Waals surface area contributed by atoms with Crippen molar-refractivity contribution in [2.45, 2.75) is 25.0 Å². The molecule has 4 atom stereocenters. The Kier molecular flexibility index (Phi) is 3.58. The SMILES string of the molecule is CCOC(=O)c1cccc(N2C(=O)[C@@H]3[C@H](C2=O)[C@]2(C)C=C[C@]3(CO)O2)c1. The first-order valence-corrected chi connectivity index (χ1v) is 8.53. The van der Waals surface area contributed by atoms with Crippen molar-refractivity contribution in [2.75, 3.05) is 18.1 Å². The van der Waals surface area contributed by atoms with Crippen molar-refractivity contribution in [2.24, 2.45) is 11.8 Å². The fraction of sp³-hybridized carbons (Fsp3) is 0.421. The Morgan fingerprint density at radius 2 is 2.00 bits per heavy atom. The van der Waals surface area contributed by atoms with Gasteiger partial charge < -0.3 is 14.6 Å². The Balaban J connectivity index is 1.73. The highest BCUT2D eigenvalue weighted by molar-refractivity contribution is 6.23. The number of carbonyl (C=O) groups is 3. The van der Waals surface area contributed by atoms with Crippen LogP contribution < -0.4 is 4.90 Å². The molecule has 3 aliphatic rings. The number of nitrogens with zero attached hydrogens (tertiary/aromatic N) is 1. The van der Waals surface area contributed by atoms with E-state index in [1.165, 1.54) is 6.07 Å². The molecule has 4 rings (SSSR count). The van der Waals surface area contributed by atoms with Crippen LogP contribution >= 0.6 is 0 Å². The molecule has 0 unspecified atom stereocenters. The summed E-state index contributed by atoms with van der Waals surface area (Å²) < 4.78 is 10.9. The highest BCUT2D eigenvalue weighted by Crippen LogP contribution is 2.57. The van der Waals surface area contributed by atoms with Crippen LogP contribution in [0.4, 0.5) is 5.69 Å². The molecule has 3 aliphatic heterocycles. The third-order valence-corrected chi connectivity index (χ3v) is 5.42. The summed E-state index contributed by atoms with van der Waals surface area (Å²) in [5.74, 6) is -2.80. The summed E-state index contributed by atoms with van der Waals surface area (Å²) in [5, 5.41) is 9.82. The Morgan fingerprint density at radius 3 is 2.69 bits per heavy atom. The predicted octanol–water partition coefficient (Wildman–Crippen LogP) is 1.06. The molecule has 0 saturated carbocycles. The van der Waals surface area contributed by atoms with Crippen LogP contribution in [0.5, 0.6) is 0 Å². The van der Waals surface area contributed by atoms with Crippen LogP contribution in [0.2, 0.25) is 0 Å². The third kappa shape index (κ3) is 2.04. The maximum Gasteiger partial charge on any atom is 0.338 e. The Bertz CT molecular complexity index is 848. The topological polar surface area (TPSA) is 93.1 Å². The van der Waals surface area contributed by atoms with Gasteiger partial charge in [0.2, 0.25) is 11.8 Å². The zero-order valence-electron chi connectivity index (χ0n) is 14.5. The van der Waals surface area contributed by atoms with Gasteiger partial charge in [-0.2, -0.15) is 0 Å². The molecule has 136 valence electrons. The zero-order valence-corrected chi connectivity index (χ0v) is 14.5. The fourth-order valence-electron chi connectivity index (χ4n) is 4.28. The van der Waals surface area contributed by atoms with E-state index in [2.05, 4.69) is 0 Å². The normalized spacial score (nSPS) is 34.5. The summed E-state index contributed by atoms with van der Waals surface area (Å²) in [5.41, 5.74) is -1.51. The molecule has 7 heteroatoms. The summed E-state index contributed by atoms with van der Waals surface area (Å²) >= 11 is 0. The molecular weight excluding hydrogens is 338 g/mol. The van der Waals surface area contributed by atoms with E-state index in [0.29, 0.717) is 5.69 Å². The van der Waals surface area contributed by atoms with Gasteiger partial charge in [0.05, 0.1) is 41.9 Å². The second-order valence-electron chi connectivity index (χ2n) is 6.97. The van der Waals surface area contributed by atoms with E-state index in [0.717, 1.165) is 4.90 Å². The number of anilines is 1. The molecule has 1 aromatic carbocycles. The lowest BCUT2D eigenvalue weighted by atomic mass is 9.73. The summed E-state index contributed by atoms with van der Waals surface area (Å²) in [6.45, 7) is 3.30. The number of ether oxygens (including phenoxy) is 2. The zero-order chi connectivity index (χ0) is 18.7. The molecule has 2 amide bonds. The Hall–Kier alpha value is -2.51. The van der Waals surface area contributed by atoms with Gasteiger partial charge in [0, 0.05) is 0 Å². The number of carbonyl (C=O) groups excluding carboxylic acids is 3. The number of benzene rings is 1. The second-order valence-corrected chi connectivity index (χ2v) is 6.97. The minimum atomic E-state index is -1.17. The van der Waals surface area contributed by atoms with E-state index in [-0.39, 0.29) is 24.7 Å². The predicted molar refractivity (Wildman–Crippen MR) is 90.3 cm³/mol. The van der Waals surface area contributed by atoms with Gasteiger partial charge in [0.1, 0.15) is 5.60 Å². The van der Waals surface area contributed by atoms with E-state index in [9.17, 15) is 19.5 Å². The van der Waals surface area contributed by atoms with E-state index in [4.69, 9.17) is 9.47 Å². The van der Waals surface area contributed by atoms with E-state index < -0.39 is 34.9 Å². The third-order valence-electron chi connectivity index (χ3n) is 5.42. The molecule has 0 aromatic heterocycles. The number of rotatable bonds is 4. The fourth-order valence-corrected chi connectivity index (χ4v) is 4.28. The number of hydrogen-bond acceptors (Lipinski definition) is 6. The molecule has 1 N–H and O–H groups in total. The van der Waals surface area contributed by atoms with Gasteiger partial charge in [0.25, 0.3) is 0 Å². The highest BCUT2D eigenvalue weighted by Gasteiger charge is 2.72. The van der Waals surface area contributed by atoms with E-state index in [1.807, 2.05) is 0 Å². The van der Waals surface area contributed by atoms with Gasteiger partial charge in [-0.3, -0.25) is 9.59 Å². The molecule has 1 aromatic rings. The minimum absolute atomic E-state index is 0.231. The molecule has 0 aliphatic carbocycles. The van der Waals surface area contributed by atoms with Crippen molar-refractivity contribution in [1.82, 2.24) is 0 Å². The lowest BCUT2D eigenvalue weighted by Gasteiger charge is -2.27. The van der Waals surface area contributed by atoms with Gasteiger partial charge in [-0.25, -0.2) is 9.69 Å². The molecule has 0 radical (unpaired) electrons. The van der Waals surface area contributed by atoms with Crippen molar-refractivity contribution in [1.29, 1.82) is 0 Å². The van der Waals surface area contributed by atoms with Crippen LogP contribution in [0, 0.1) is 11.8 Å². The Labute approximate surface area is 150 Å². The van der Waals surface area contributed by atoms with Crippen LogP contribution in [-0.4, -0.2) is 47.3 Å². The molecule has 2 bridgehead atoms. The molecule has 7 nitrogen and oxygen atoms in total. The van der Waals surface area contributed by atoms with Crippen molar-refractivity contribution >= 4 is 23.5 Å². The largest absolute Gasteiger partial charge is 0.462 e. The molecular formula is C19H19NO6. The monoisotopic (exact) mass is 357 g/mol. The molecule has 0 spiro atoms. The van der Waals surface area contributed by atoms with Gasteiger partial charge in [-0.1, -0.05) is 18.2 Å². The maximum absolute atomic E-state index is 13.1. The minimum Gasteiger partial charge on any atom is -0.462 e. The first kappa shape index (κ1) is 16.9. The Morgan fingerprint density at radius 1 is 1.27 bits per heavy atom. The van der Waals surface area contributed by atoms with Crippen molar-refractivity contribution < 1.29 is 29.0 Å². The summed E-state index contributed by atoms with van der Waals surface area (Å²) in [7, 11) is 0. The van der Waals surface area contributed by atoms with Gasteiger partial charge >= 0.3 is 5.97 Å². The van der Waals surface area contributed by atoms with E-state index in [1.54, 1.807) is 44.2 Å². The van der Waals surface area contributed by atoms with Gasteiger partial charge in [0.15, 0.2) is 0 Å². The van der Waals surface area contributed by atoms with Crippen LogP contribution in [0.3, 0.4) is 0 Å². The molecule has 3 heterocycles. The maximum atomic E-state index is 13.1. The molecule has 2 saturated heterocycles. The summed E-state index contributed by atoms with van der Waals surface area (Å²) in [6.07, 6.45) is 3.42. The van der Waals surface area contributed by atoms with E-state index >= 15 is 0 Å². The number of aliphatic hydroxyl groups excluding tert-OH is 1. The smallest absolute Gasteiger partial charge is 0.338 e. The van der Waals surface area contributed by atoms with Gasteiger partial charge in [-0.15, -0.1) is 0 Å². The number of hydrogen-bond donors (Lipinski definition) is 1. The van der Waals surface area contributed by atoms with Crippen LogP contribution in [-0.2, 0) is 19.1 Å². The van der Waals surface area contributed by atoms with Gasteiger partial charge in [-0.05, 0) is 32.0 Å². The number of imide groups is 1. The highest BCUT2D eigenvalue weighted by atomic mass is 16.5. The summed E-state index contributed by atoms with van der Waals surface area (Å²) in [4.78, 5) is 39.2. The first-order chi connectivity index (χ1) is 12.4. The second kappa shape index (κ2) is 5.49. The first-order valence-electron chi connectivity index (χ1n) is 8.53. The van der Waals surface area contributed by atoms with Crippen LogP contribution in [0.15, 0.2) is 36.4 Å². The lowest BCUT2D eigenvalue weighted by Crippen LogP contribution is -2.43. The summed E-state index contributed by atoms with van der Waals surface area (Å²) in [6, 6.07) is 6.24. The van der Waals surface area contributed by atoms with Crippen LogP contribution in [0.25, 0.3) is 0 Å². The number of esters is 1. The van der Waals surface area contributed by atoms with Crippen LogP contribution in [0.1, 0.15) is 24.2 Å². The number of amides is 2. The van der Waals surface area contributed by atoms with Crippen molar-refractivity contribution in [3.63, 3.8) is 0 Å². The number of aliphatic hydroxyl groups is 1. The molecule has 26 heavy (non-hydrogen) atoms. The quantitative estimate of drug-likeness (QED) is 0.492.